The molecule has 0 saturated carbocycles. The number of anilines is 1. The number of hydrogen-bond donors (Lipinski definition) is 0. The Labute approximate surface area is 211 Å². The topological polar surface area (TPSA) is 63.7 Å². The van der Waals surface area contributed by atoms with Gasteiger partial charge in [-0.25, -0.2) is 4.68 Å². The van der Waals surface area contributed by atoms with Gasteiger partial charge >= 0.3 is 0 Å². The van der Waals surface area contributed by atoms with Gasteiger partial charge in [0, 0.05) is 32.2 Å². The summed E-state index contributed by atoms with van der Waals surface area (Å²) in [6, 6.07) is 19.9. The lowest BCUT2D eigenvalue weighted by molar-refractivity contribution is 0.0737. The number of aryl methyl sites for hydroxylation is 3. The summed E-state index contributed by atoms with van der Waals surface area (Å²) in [5.74, 6) is 2.31. The van der Waals surface area contributed by atoms with Crippen molar-refractivity contribution in [1.82, 2.24) is 14.7 Å². The molecule has 1 aliphatic rings. The van der Waals surface area contributed by atoms with Gasteiger partial charge in [0.05, 0.1) is 18.0 Å². The van der Waals surface area contributed by atoms with Crippen LogP contribution in [0.3, 0.4) is 0 Å². The maximum Gasteiger partial charge on any atom is 0.272 e. The lowest BCUT2D eigenvalue weighted by Crippen LogP contribution is -2.49. The summed E-state index contributed by atoms with van der Waals surface area (Å²) < 4.78 is 13.4. The number of furan rings is 1. The molecule has 0 unspecified atom stereocenters. The molecular formula is C29H32N4O3. The Hall–Kier alpha value is -4.00. The number of carbonyl (C=O) groups is 1. The van der Waals surface area contributed by atoms with Gasteiger partial charge in [0.15, 0.2) is 5.76 Å². The van der Waals surface area contributed by atoms with Gasteiger partial charge in [-0.2, -0.15) is 5.10 Å². The third-order valence-corrected chi connectivity index (χ3v) is 6.57. The zero-order valence-electron chi connectivity index (χ0n) is 21.3. The zero-order valence-corrected chi connectivity index (χ0v) is 21.3. The van der Waals surface area contributed by atoms with E-state index >= 15 is 0 Å². The third kappa shape index (κ3) is 4.61. The number of aromatic nitrogens is 2. The second-order valence-electron chi connectivity index (χ2n) is 9.21. The number of benzene rings is 2. The Morgan fingerprint density at radius 3 is 2.42 bits per heavy atom. The fraction of sp³-hybridized carbons (Fsp3) is 0.310. The van der Waals surface area contributed by atoms with E-state index in [-0.39, 0.29) is 5.91 Å². The van der Waals surface area contributed by atoms with Crippen molar-refractivity contribution in [2.24, 2.45) is 0 Å². The highest BCUT2D eigenvalue weighted by atomic mass is 16.5. The molecule has 0 aliphatic carbocycles. The van der Waals surface area contributed by atoms with Gasteiger partial charge < -0.3 is 19.0 Å². The van der Waals surface area contributed by atoms with Crippen molar-refractivity contribution >= 4 is 11.6 Å². The van der Waals surface area contributed by atoms with Crippen LogP contribution < -0.4 is 9.64 Å². The molecule has 36 heavy (non-hydrogen) atoms. The molecule has 1 fully saturated rings. The molecule has 186 valence electrons. The van der Waals surface area contributed by atoms with E-state index in [1.807, 2.05) is 74.2 Å². The van der Waals surface area contributed by atoms with Gasteiger partial charge in [-0.15, -0.1) is 0 Å². The molecule has 1 amide bonds. The molecule has 0 spiro atoms. The number of amides is 1. The Bertz CT molecular complexity index is 1380. The van der Waals surface area contributed by atoms with Crippen molar-refractivity contribution in [2.45, 2.75) is 27.7 Å². The van der Waals surface area contributed by atoms with Gasteiger partial charge in [-0.3, -0.25) is 4.79 Å². The maximum atomic E-state index is 13.8. The predicted molar refractivity (Wildman–Crippen MR) is 141 cm³/mol. The number of nitrogens with zero attached hydrogens (tertiary/aromatic N) is 4. The highest BCUT2D eigenvalue weighted by Gasteiger charge is 2.28. The van der Waals surface area contributed by atoms with Crippen molar-refractivity contribution < 1.29 is 13.9 Å². The van der Waals surface area contributed by atoms with E-state index in [1.165, 1.54) is 5.56 Å². The summed E-state index contributed by atoms with van der Waals surface area (Å²) in [7, 11) is 0. The standard InChI is InChI=1S/C29H32N4O3/c1-5-35-28-9-7-6-8-25(28)31-14-16-32(17-15-31)29(34)26-19-23(27-13-11-22(4)36-27)30-33(26)24-12-10-20(2)18-21(24)3/h6-13,18-19H,5,14-17H2,1-4H3. The molecule has 0 atom stereocenters. The minimum absolute atomic E-state index is 0.0326. The molecule has 2 aromatic carbocycles. The molecule has 5 rings (SSSR count). The summed E-state index contributed by atoms with van der Waals surface area (Å²) >= 11 is 0. The Morgan fingerprint density at radius 1 is 0.944 bits per heavy atom. The van der Waals surface area contributed by atoms with Crippen molar-refractivity contribution in [3.05, 3.63) is 83.2 Å². The average Bonchev–Trinajstić information content (AvgIpc) is 3.51. The van der Waals surface area contributed by atoms with Crippen LogP contribution in [0.1, 0.15) is 34.3 Å². The Balaban J connectivity index is 1.43. The first-order valence-electron chi connectivity index (χ1n) is 12.4. The van der Waals surface area contributed by atoms with Crippen LogP contribution >= 0.6 is 0 Å². The molecule has 0 radical (unpaired) electrons. The van der Waals surface area contributed by atoms with Crippen molar-refractivity contribution in [1.29, 1.82) is 0 Å². The van der Waals surface area contributed by atoms with Crippen molar-refractivity contribution in [3.8, 4) is 22.9 Å². The summed E-state index contributed by atoms with van der Waals surface area (Å²) in [6.45, 7) is 11.3. The molecule has 0 N–H and O–H groups in total. The minimum Gasteiger partial charge on any atom is -0.492 e. The van der Waals surface area contributed by atoms with E-state index < -0.39 is 0 Å². The second kappa shape index (κ2) is 9.93. The molecular weight excluding hydrogens is 452 g/mol. The molecule has 0 bridgehead atoms. The van der Waals surface area contributed by atoms with Crippen LogP contribution in [0.25, 0.3) is 17.1 Å². The Kier molecular flexibility index (Phi) is 6.55. The molecule has 2 aromatic heterocycles. The SMILES string of the molecule is CCOc1ccccc1N1CCN(C(=O)c2cc(-c3ccc(C)o3)nn2-c2ccc(C)cc2C)CC1. The molecule has 1 saturated heterocycles. The molecule has 7 nitrogen and oxygen atoms in total. The van der Waals surface area contributed by atoms with Crippen LogP contribution in [0.15, 0.2) is 65.1 Å². The first kappa shape index (κ1) is 23.7. The van der Waals surface area contributed by atoms with Crippen LogP contribution in [0.5, 0.6) is 5.75 Å². The van der Waals surface area contributed by atoms with E-state index in [1.54, 1.807) is 4.68 Å². The highest BCUT2D eigenvalue weighted by Crippen LogP contribution is 2.30. The monoisotopic (exact) mass is 484 g/mol. The molecule has 7 heteroatoms. The molecule has 4 aromatic rings. The van der Waals surface area contributed by atoms with Gasteiger partial charge in [-0.05, 0) is 63.6 Å². The van der Waals surface area contributed by atoms with Crippen molar-refractivity contribution in [2.75, 3.05) is 37.7 Å². The number of carbonyl (C=O) groups excluding carboxylic acids is 1. The van der Waals surface area contributed by atoms with E-state index in [2.05, 4.69) is 24.0 Å². The predicted octanol–water partition coefficient (Wildman–Crippen LogP) is 5.42. The number of hydrogen-bond acceptors (Lipinski definition) is 5. The second-order valence-corrected chi connectivity index (χ2v) is 9.21. The Morgan fingerprint density at radius 2 is 1.72 bits per heavy atom. The van der Waals surface area contributed by atoms with E-state index in [4.69, 9.17) is 14.3 Å². The average molecular weight is 485 g/mol. The first-order chi connectivity index (χ1) is 17.4. The maximum absolute atomic E-state index is 13.8. The van der Waals surface area contributed by atoms with Crippen LogP contribution in [-0.2, 0) is 0 Å². The quantitative estimate of drug-likeness (QED) is 0.366. The zero-order chi connectivity index (χ0) is 25.2. The number of piperazine rings is 1. The van der Waals surface area contributed by atoms with Crippen molar-refractivity contribution in [3.63, 3.8) is 0 Å². The van der Waals surface area contributed by atoms with Crippen LogP contribution in [-0.4, -0.2) is 53.4 Å². The fourth-order valence-electron chi connectivity index (χ4n) is 4.76. The van der Waals surface area contributed by atoms with Gasteiger partial charge in [0.1, 0.15) is 22.9 Å². The van der Waals surface area contributed by atoms with E-state index in [0.29, 0.717) is 36.8 Å². The van der Waals surface area contributed by atoms with Crippen LogP contribution in [0, 0.1) is 20.8 Å². The molecule has 1 aliphatic heterocycles. The van der Waals surface area contributed by atoms with Crippen LogP contribution in [0.4, 0.5) is 5.69 Å². The lowest BCUT2D eigenvalue weighted by atomic mass is 10.1. The number of para-hydroxylation sites is 2. The minimum atomic E-state index is -0.0326. The fourth-order valence-corrected chi connectivity index (χ4v) is 4.76. The number of ether oxygens (including phenoxy) is 1. The van der Waals surface area contributed by atoms with E-state index in [0.717, 1.165) is 41.5 Å². The summed E-state index contributed by atoms with van der Waals surface area (Å²) in [6.07, 6.45) is 0. The molecule has 3 heterocycles. The summed E-state index contributed by atoms with van der Waals surface area (Å²) in [5.41, 5.74) is 5.38. The highest BCUT2D eigenvalue weighted by molar-refractivity contribution is 5.94. The number of rotatable bonds is 6. The van der Waals surface area contributed by atoms with Gasteiger partial charge in [-0.1, -0.05) is 29.8 Å². The lowest BCUT2D eigenvalue weighted by Gasteiger charge is -2.36. The summed E-state index contributed by atoms with van der Waals surface area (Å²) in [5, 5.41) is 4.81. The van der Waals surface area contributed by atoms with Gasteiger partial charge in [0.2, 0.25) is 0 Å². The van der Waals surface area contributed by atoms with Crippen LogP contribution in [0.2, 0.25) is 0 Å². The summed E-state index contributed by atoms with van der Waals surface area (Å²) in [4.78, 5) is 18.0. The third-order valence-electron chi connectivity index (χ3n) is 6.57. The van der Waals surface area contributed by atoms with Gasteiger partial charge in [0.25, 0.3) is 5.91 Å². The normalized spacial score (nSPS) is 13.8. The largest absolute Gasteiger partial charge is 0.492 e. The first-order valence-corrected chi connectivity index (χ1v) is 12.4. The van der Waals surface area contributed by atoms with E-state index in [9.17, 15) is 4.79 Å². The smallest absolute Gasteiger partial charge is 0.272 e.